The van der Waals surface area contributed by atoms with Gasteiger partial charge in [0.25, 0.3) is 0 Å². The lowest BCUT2D eigenvalue weighted by molar-refractivity contribution is -0.116. The van der Waals surface area contributed by atoms with Crippen molar-refractivity contribution in [2.75, 3.05) is 24.3 Å². The standard InChI is InChI=1S/C16H20N4O2/c1-22-14-5-2-12(3-6-14)10-18-15-7-4-13(11-19-15)20-16(21)8-9-17/h2-7,11H,8-10,17H2,1H3,(H,18,19)(H,20,21). The summed E-state index contributed by atoms with van der Waals surface area (Å²) in [6.45, 7) is 0.997. The van der Waals surface area contributed by atoms with Crippen LogP contribution in [0.1, 0.15) is 12.0 Å². The molecule has 22 heavy (non-hydrogen) atoms. The highest BCUT2D eigenvalue weighted by Crippen LogP contribution is 2.14. The van der Waals surface area contributed by atoms with Crippen molar-refractivity contribution in [2.45, 2.75) is 13.0 Å². The van der Waals surface area contributed by atoms with Crippen LogP contribution in [0, 0.1) is 0 Å². The van der Waals surface area contributed by atoms with Crippen LogP contribution in [0.4, 0.5) is 11.5 Å². The molecule has 0 aliphatic heterocycles. The Balaban J connectivity index is 1.86. The fraction of sp³-hybridized carbons (Fsp3) is 0.250. The van der Waals surface area contributed by atoms with E-state index in [0.29, 0.717) is 25.2 Å². The summed E-state index contributed by atoms with van der Waals surface area (Å²) in [5.41, 5.74) is 7.11. The number of aromatic nitrogens is 1. The van der Waals surface area contributed by atoms with Crippen LogP contribution in [0.25, 0.3) is 0 Å². The second-order valence-corrected chi connectivity index (χ2v) is 4.72. The van der Waals surface area contributed by atoms with Gasteiger partial charge in [-0.25, -0.2) is 4.98 Å². The maximum absolute atomic E-state index is 11.4. The molecule has 1 heterocycles. The quantitative estimate of drug-likeness (QED) is 0.727. The van der Waals surface area contributed by atoms with Crippen molar-refractivity contribution in [1.29, 1.82) is 0 Å². The number of anilines is 2. The molecule has 0 aliphatic rings. The molecule has 0 bridgehead atoms. The molecule has 0 saturated heterocycles. The number of rotatable bonds is 7. The number of hydrogen-bond acceptors (Lipinski definition) is 5. The van der Waals surface area contributed by atoms with Gasteiger partial charge in [0.05, 0.1) is 19.0 Å². The highest BCUT2D eigenvalue weighted by atomic mass is 16.5. The Bertz CT molecular complexity index is 597. The average molecular weight is 300 g/mol. The summed E-state index contributed by atoms with van der Waals surface area (Å²) in [7, 11) is 1.64. The van der Waals surface area contributed by atoms with Crippen molar-refractivity contribution in [3.05, 3.63) is 48.2 Å². The molecule has 0 atom stereocenters. The Morgan fingerprint density at radius 2 is 2.00 bits per heavy atom. The Morgan fingerprint density at radius 3 is 2.59 bits per heavy atom. The molecule has 0 saturated carbocycles. The number of amides is 1. The Hall–Kier alpha value is -2.60. The van der Waals surface area contributed by atoms with Crippen LogP contribution in [-0.2, 0) is 11.3 Å². The average Bonchev–Trinajstić information content (AvgIpc) is 2.55. The van der Waals surface area contributed by atoms with Crippen molar-refractivity contribution in [3.8, 4) is 5.75 Å². The minimum atomic E-state index is -0.108. The monoisotopic (exact) mass is 300 g/mol. The third-order valence-corrected chi connectivity index (χ3v) is 3.05. The number of hydrogen-bond donors (Lipinski definition) is 3. The van der Waals surface area contributed by atoms with Crippen LogP contribution >= 0.6 is 0 Å². The van der Waals surface area contributed by atoms with Gasteiger partial charge in [-0.3, -0.25) is 4.79 Å². The van der Waals surface area contributed by atoms with E-state index < -0.39 is 0 Å². The molecule has 1 aromatic carbocycles. The summed E-state index contributed by atoms with van der Waals surface area (Å²) in [6, 6.07) is 11.4. The molecule has 1 aromatic heterocycles. The summed E-state index contributed by atoms with van der Waals surface area (Å²) in [6.07, 6.45) is 1.92. The van der Waals surface area contributed by atoms with E-state index in [1.807, 2.05) is 30.3 Å². The van der Waals surface area contributed by atoms with Crippen molar-refractivity contribution >= 4 is 17.4 Å². The number of nitrogens with zero attached hydrogens (tertiary/aromatic N) is 1. The minimum absolute atomic E-state index is 0.108. The number of pyridine rings is 1. The number of nitrogens with one attached hydrogen (secondary N) is 2. The molecule has 1 amide bonds. The molecule has 0 aliphatic carbocycles. The molecule has 0 fully saturated rings. The van der Waals surface area contributed by atoms with E-state index in [1.165, 1.54) is 0 Å². The molecule has 6 nitrogen and oxygen atoms in total. The fourth-order valence-corrected chi connectivity index (χ4v) is 1.86. The Kier molecular flexibility index (Phi) is 5.73. The topological polar surface area (TPSA) is 89.3 Å². The molecular formula is C16H20N4O2. The first-order valence-corrected chi connectivity index (χ1v) is 7.04. The number of carbonyl (C=O) groups is 1. The number of benzene rings is 1. The smallest absolute Gasteiger partial charge is 0.225 e. The van der Waals surface area contributed by atoms with E-state index >= 15 is 0 Å². The third kappa shape index (κ3) is 4.75. The van der Waals surface area contributed by atoms with Gasteiger partial charge < -0.3 is 21.1 Å². The van der Waals surface area contributed by atoms with E-state index in [4.69, 9.17) is 10.5 Å². The first-order valence-electron chi connectivity index (χ1n) is 7.04. The summed E-state index contributed by atoms with van der Waals surface area (Å²) in [5, 5.41) is 5.95. The van der Waals surface area contributed by atoms with E-state index in [9.17, 15) is 4.79 Å². The van der Waals surface area contributed by atoms with Gasteiger partial charge in [-0.05, 0) is 29.8 Å². The SMILES string of the molecule is COc1ccc(CNc2ccc(NC(=O)CCN)cn2)cc1. The second kappa shape index (κ2) is 7.99. The zero-order chi connectivity index (χ0) is 15.8. The second-order valence-electron chi connectivity index (χ2n) is 4.72. The van der Waals surface area contributed by atoms with Crippen molar-refractivity contribution < 1.29 is 9.53 Å². The van der Waals surface area contributed by atoms with Gasteiger partial charge in [-0.2, -0.15) is 0 Å². The summed E-state index contributed by atoms with van der Waals surface area (Å²) in [4.78, 5) is 15.7. The van der Waals surface area contributed by atoms with Gasteiger partial charge in [0, 0.05) is 19.5 Å². The van der Waals surface area contributed by atoms with Crippen molar-refractivity contribution in [2.24, 2.45) is 5.73 Å². The molecule has 4 N–H and O–H groups in total. The van der Waals surface area contributed by atoms with Gasteiger partial charge in [-0.1, -0.05) is 12.1 Å². The summed E-state index contributed by atoms with van der Waals surface area (Å²) < 4.78 is 5.12. The van der Waals surface area contributed by atoms with Gasteiger partial charge in [0.1, 0.15) is 11.6 Å². The van der Waals surface area contributed by atoms with Crippen molar-refractivity contribution in [3.63, 3.8) is 0 Å². The van der Waals surface area contributed by atoms with Gasteiger partial charge >= 0.3 is 0 Å². The maximum atomic E-state index is 11.4. The zero-order valence-corrected chi connectivity index (χ0v) is 12.5. The highest BCUT2D eigenvalue weighted by Gasteiger charge is 2.02. The van der Waals surface area contributed by atoms with Gasteiger partial charge in [0.2, 0.25) is 5.91 Å². The molecule has 2 rings (SSSR count). The molecule has 2 aromatic rings. The third-order valence-electron chi connectivity index (χ3n) is 3.05. The number of nitrogens with two attached hydrogens (primary N) is 1. The Labute approximate surface area is 129 Å². The zero-order valence-electron chi connectivity index (χ0n) is 12.5. The largest absolute Gasteiger partial charge is 0.497 e. The Morgan fingerprint density at radius 1 is 1.23 bits per heavy atom. The van der Waals surface area contributed by atoms with E-state index in [1.54, 1.807) is 19.4 Å². The predicted octanol–water partition coefficient (Wildman–Crippen LogP) is 1.99. The lowest BCUT2D eigenvalue weighted by Crippen LogP contribution is -2.16. The number of carbonyl (C=O) groups excluding carboxylic acids is 1. The highest BCUT2D eigenvalue weighted by molar-refractivity contribution is 5.90. The normalized spacial score (nSPS) is 10.1. The maximum Gasteiger partial charge on any atom is 0.225 e. The molecule has 116 valence electrons. The van der Waals surface area contributed by atoms with E-state index in [-0.39, 0.29) is 5.91 Å². The van der Waals surface area contributed by atoms with Crippen LogP contribution in [0.5, 0.6) is 5.75 Å². The number of methoxy groups -OCH3 is 1. The van der Waals surface area contributed by atoms with Crippen LogP contribution < -0.4 is 21.1 Å². The lowest BCUT2D eigenvalue weighted by atomic mass is 10.2. The van der Waals surface area contributed by atoms with Crippen LogP contribution in [-0.4, -0.2) is 24.5 Å². The molecule has 6 heteroatoms. The summed E-state index contributed by atoms with van der Waals surface area (Å²) >= 11 is 0. The number of ether oxygens (including phenoxy) is 1. The predicted molar refractivity (Wildman–Crippen MR) is 86.9 cm³/mol. The van der Waals surface area contributed by atoms with Gasteiger partial charge in [-0.15, -0.1) is 0 Å². The molecular weight excluding hydrogens is 280 g/mol. The van der Waals surface area contributed by atoms with E-state index in [0.717, 1.165) is 17.1 Å². The van der Waals surface area contributed by atoms with Gasteiger partial charge in [0.15, 0.2) is 0 Å². The summed E-state index contributed by atoms with van der Waals surface area (Å²) in [5.74, 6) is 1.47. The van der Waals surface area contributed by atoms with Crippen LogP contribution in [0.2, 0.25) is 0 Å². The fourth-order valence-electron chi connectivity index (χ4n) is 1.86. The van der Waals surface area contributed by atoms with E-state index in [2.05, 4.69) is 15.6 Å². The molecule has 0 radical (unpaired) electrons. The lowest BCUT2D eigenvalue weighted by Gasteiger charge is -2.08. The van der Waals surface area contributed by atoms with Crippen LogP contribution in [0.3, 0.4) is 0 Å². The first kappa shape index (κ1) is 15.8. The van der Waals surface area contributed by atoms with Crippen molar-refractivity contribution in [1.82, 2.24) is 4.98 Å². The molecule has 0 spiro atoms. The van der Waals surface area contributed by atoms with Crippen LogP contribution in [0.15, 0.2) is 42.6 Å². The molecule has 0 unspecified atom stereocenters. The minimum Gasteiger partial charge on any atom is -0.497 e. The first-order chi connectivity index (χ1) is 10.7.